The first-order chi connectivity index (χ1) is 7.46. The van der Waals surface area contributed by atoms with Crippen LogP contribution < -0.4 is 5.32 Å². The quantitative estimate of drug-likeness (QED) is 0.789. The van der Waals surface area contributed by atoms with Gasteiger partial charge in [0.15, 0.2) is 6.39 Å². The molecule has 0 aliphatic rings. The van der Waals surface area contributed by atoms with Crippen molar-refractivity contribution in [3.63, 3.8) is 0 Å². The SMILES string of the molecule is Cc1ncoc1C(=O)NCC(C)(C)CCO. The maximum absolute atomic E-state index is 11.7. The summed E-state index contributed by atoms with van der Waals surface area (Å²) in [7, 11) is 0. The first-order valence-corrected chi connectivity index (χ1v) is 5.25. The second kappa shape index (κ2) is 5.12. The Labute approximate surface area is 94.9 Å². The number of hydrogen-bond donors (Lipinski definition) is 2. The van der Waals surface area contributed by atoms with Crippen molar-refractivity contribution in [2.45, 2.75) is 27.2 Å². The van der Waals surface area contributed by atoms with Crippen molar-refractivity contribution >= 4 is 5.91 Å². The van der Waals surface area contributed by atoms with Gasteiger partial charge in [-0.3, -0.25) is 4.79 Å². The number of nitrogens with zero attached hydrogens (tertiary/aromatic N) is 1. The molecule has 0 bridgehead atoms. The van der Waals surface area contributed by atoms with Crippen LogP contribution in [0.3, 0.4) is 0 Å². The summed E-state index contributed by atoms with van der Waals surface area (Å²) in [6, 6.07) is 0. The third kappa shape index (κ3) is 3.34. The maximum atomic E-state index is 11.7. The minimum Gasteiger partial charge on any atom is -0.438 e. The molecule has 0 saturated carbocycles. The van der Waals surface area contributed by atoms with Gasteiger partial charge in [0.25, 0.3) is 5.91 Å². The van der Waals surface area contributed by atoms with E-state index in [0.717, 1.165) is 0 Å². The van der Waals surface area contributed by atoms with Crippen LogP contribution >= 0.6 is 0 Å². The Morgan fingerprint density at radius 2 is 2.31 bits per heavy atom. The molecule has 1 aromatic heterocycles. The standard InChI is InChI=1S/C11H18N2O3/c1-8-9(16-7-13-8)10(15)12-6-11(2,3)4-5-14/h7,14H,4-6H2,1-3H3,(H,12,15). The summed E-state index contributed by atoms with van der Waals surface area (Å²) >= 11 is 0. The molecule has 0 saturated heterocycles. The largest absolute Gasteiger partial charge is 0.438 e. The Morgan fingerprint density at radius 1 is 1.62 bits per heavy atom. The van der Waals surface area contributed by atoms with E-state index in [1.807, 2.05) is 13.8 Å². The molecule has 1 heterocycles. The molecule has 16 heavy (non-hydrogen) atoms. The summed E-state index contributed by atoms with van der Waals surface area (Å²) in [5.74, 6) is -0.0131. The van der Waals surface area contributed by atoms with Gasteiger partial charge in [0, 0.05) is 13.2 Å². The van der Waals surface area contributed by atoms with Gasteiger partial charge in [-0.2, -0.15) is 0 Å². The third-order valence-electron chi connectivity index (χ3n) is 2.47. The molecule has 5 heteroatoms. The molecule has 1 amide bonds. The average molecular weight is 226 g/mol. The van der Waals surface area contributed by atoms with E-state index in [4.69, 9.17) is 9.52 Å². The van der Waals surface area contributed by atoms with E-state index >= 15 is 0 Å². The Kier molecular flexibility index (Phi) is 4.06. The number of nitrogens with one attached hydrogen (secondary N) is 1. The van der Waals surface area contributed by atoms with Crippen LogP contribution in [0.15, 0.2) is 10.8 Å². The zero-order valence-electron chi connectivity index (χ0n) is 9.91. The Hall–Kier alpha value is -1.36. The summed E-state index contributed by atoms with van der Waals surface area (Å²) in [4.78, 5) is 15.5. The minimum absolute atomic E-state index is 0.115. The first-order valence-electron chi connectivity index (χ1n) is 5.25. The highest BCUT2D eigenvalue weighted by Gasteiger charge is 2.20. The number of aromatic nitrogens is 1. The Morgan fingerprint density at radius 3 is 2.81 bits per heavy atom. The van der Waals surface area contributed by atoms with Crippen LogP contribution in [0.4, 0.5) is 0 Å². The summed E-state index contributed by atoms with van der Waals surface area (Å²) in [5.41, 5.74) is 0.454. The lowest BCUT2D eigenvalue weighted by Crippen LogP contribution is -2.34. The molecule has 0 aromatic carbocycles. The lowest BCUT2D eigenvalue weighted by molar-refractivity contribution is 0.0899. The van der Waals surface area contributed by atoms with E-state index in [1.165, 1.54) is 6.39 Å². The van der Waals surface area contributed by atoms with Crippen molar-refractivity contribution < 1.29 is 14.3 Å². The van der Waals surface area contributed by atoms with Crippen LogP contribution in [0.1, 0.15) is 36.5 Å². The lowest BCUT2D eigenvalue weighted by Gasteiger charge is -2.23. The number of oxazole rings is 1. The molecule has 90 valence electrons. The summed E-state index contributed by atoms with van der Waals surface area (Å²) < 4.78 is 4.98. The molecule has 0 fully saturated rings. The highest BCUT2D eigenvalue weighted by atomic mass is 16.3. The molecule has 0 aliphatic carbocycles. The molecule has 0 aliphatic heterocycles. The van der Waals surface area contributed by atoms with Gasteiger partial charge in [-0.1, -0.05) is 13.8 Å². The third-order valence-corrected chi connectivity index (χ3v) is 2.47. The molecule has 0 atom stereocenters. The lowest BCUT2D eigenvalue weighted by atomic mass is 9.90. The van der Waals surface area contributed by atoms with Crippen molar-refractivity contribution in [3.05, 3.63) is 17.8 Å². The predicted molar refractivity (Wildman–Crippen MR) is 59.1 cm³/mol. The molecular weight excluding hydrogens is 208 g/mol. The van der Waals surface area contributed by atoms with Gasteiger partial charge in [0.05, 0.1) is 5.69 Å². The second-order valence-electron chi connectivity index (χ2n) is 4.59. The van der Waals surface area contributed by atoms with Crippen LogP contribution in [0, 0.1) is 12.3 Å². The fourth-order valence-electron chi connectivity index (χ4n) is 1.31. The molecule has 1 rings (SSSR count). The van der Waals surface area contributed by atoms with Gasteiger partial charge in [-0.15, -0.1) is 0 Å². The van der Waals surface area contributed by atoms with Crippen LogP contribution in [-0.2, 0) is 0 Å². The zero-order valence-corrected chi connectivity index (χ0v) is 9.91. The topological polar surface area (TPSA) is 75.4 Å². The van der Waals surface area contributed by atoms with Gasteiger partial charge in [-0.05, 0) is 18.8 Å². The predicted octanol–water partition coefficient (Wildman–Crippen LogP) is 1.12. The molecule has 0 unspecified atom stereocenters. The monoisotopic (exact) mass is 226 g/mol. The number of aryl methyl sites for hydroxylation is 1. The maximum Gasteiger partial charge on any atom is 0.289 e. The zero-order chi connectivity index (χ0) is 12.2. The van der Waals surface area contributed by atoms with Crippen molar-refractivity contribution in [1.29, 1.82) is 0 Å². The normalized spacial score (nSPS) is 11.5. The summed E-state index contributed by atoms with van der Waals surface area (Å²) in [6.07, 6.45) is 1.89. The summed E-state index contributed by atoms with van der Waals surface area (Å²) in [5, 5.41) is 11.6. The van der Waals surface area contributed by atoms with E-state index in [9.17, 15) is 4.79 Å². The molecule has 5 nitrogen and oxygen atoms in total. The number of hydrogen-bond acceptors (Lipinski definition) is 4. The average Bonchev–Trinajstić information content (AvgIpc) is 2.61. The molecule has 1 aromatic rings. The van der Waals surface area contributed by atoms with Crippen molar-refractivity contribution in [1.82, 2.24) is 10.3 Å². The van der Waals surface area contributed by atoms with Crippen LogP contribution in [0.2, 0.25) is 0 Å². The molecule has 2 N–H and O–H groups in total. The number of aliphatic hydroxyl groups excluding tert-OH is 1. The van der Waals surface area contributed by atoms with Crippen molar-refractivity contribution in [2.24, 2.45) is 5.41 Å². The molecule has 0 radical (unpaired) electrons. The Bertz CT molecular complexity index is 358. The minimum atomic E-state index is -0.263. The number of carbonyl (C=O) groups excluding carboxylic acids is 1. The van der Waals surface area contributed by atoms with E-state index in [1.54, 1.807) is 6.92 Å². The van der Waals surface area contributed by atoms with Gasteiger partial charge in [0.1, 0.15) is 0 Å². The van der Waals surface area contributed by atoms with Gasteiger partial charge >= 0.3 is 0 Å². The van der Waals surface area contributed by atoms with Gasteiger partial charge in [-0.25, -0.2) is 4.98 Å². The highest BCUT2D eigenvalue weighted by molar-refractivity contribution is 5.92. The smallest absolute Gasteiger partial charge is 0.289 e. The molecular formula is C11H18N2O3. The van der Waals surface area contributed by atoms with E-state index in [0.29, 0.717) is 18.7 Å². The number of amides is 1. The van der Waals surface area contributed by atoms with Gasteiger partial charge < -0.3 is 14.8 Å². The molecule has 0 spiro atoms. The van der Waals surface area contributed by atoms with E-state index in [-0.39, 0.29) is 23.7 Å². The number of rotatable bonds is 5. The Balaban J connectivity index is 2.51. The fourth-order valence-corrected chi connectivity index (χ4v) is 1.31. The van der Waals surface area contributed by atoms with E-state index < -0.39 is 0 Å². The number of carbonyl (C=O) groups is 1. The highest BCUT2D eigenvalue weighted by Crippen LogP contribution is 2.18. The van der Waals surface area contributed by atoms with Crippen LogP contribution in [-0.4, -0.2) is 29.1 Å². The van der Waals surface area contributed by atoms with Crippen LogP contribution in [0.5, 0.6) is 0 Å². The van der Waals surface area contributed by atoms with E-state index in [2.05, 4.69) is 10.3 Å². The van der Waals surface area contributed by atoms with Crippen molar-refractivity contribution in [3.8, 4) is 0 Å². The second-order valence-corrected chi connectivity index (χ2v) is 4.59. The van der Waals surface area contributed by atoms with Gasteiger partial charge in [0.2, 0.25) is 5.76 Å². The fraction of sp³-hybridized carbons (Fsp3) is 0.636. The first kappa shape index (κ1) is 12.7. The number of aliphatic hydroxyl groups is 1. The summed E-state index contributed by atoms with van der Waals surface area (Å²) in [6.45, 7) is 6.29. The van der Waals surface area contributed by atoms with Crippen molar-refractivity contribution in [2.75, 3.05) is 13.2 Å². The van der Waals surface area contributed by atoms with Crippen LogP contribution in [0.25, 0.3) is 0 Å².